The van der Waals surface area contributed by atoms with E-state index in [-0.39, 0.29) is 17.6 Å². The summed E-state index contributed by atoms with van der Waals surface area (Å²) in [6.07, 6.45) is 4.55. The van der Waals surface area contributed by atoms with E-state index in [2.05, 4.69) is 39.1 Å². The minimum absolute atomic E-state index is 0.0865. The maximum Gasteiger partial charge on any atom is 0.112 e. The fraction of sp³-hybridized carbons (Fsp3) is 0.857. The number of methoxy groups -OCH3 is 1. The van der Waals surface area contributed by atoms with Gasteiger partial charge in [-0.25, -0.2) is 0 Å². The molecule has 0 saturated carbocycles. The minimum Gasteiger partial charge on any atom is -0.496 e. The fourth-order valence-corrected chi connectivity index (χ4v) is 2.36. The summed E-state index contributed by atoms with van der Waals surface area (Å²) >= 11 is 0. The van der Waals surface area contributed by atoms with Crippen LogP contribution in [0, 0.1) is 5.41 Å². The summed E-state index contributed by atoms with van der Waals surface area (Å²) in [7, 11) is 1.78. The Bertz CT molecular complexity index is 255. The number of ether oxygens (including phenoxy) is 2. The number of rotatable bonds is 5. The molecule has 0 saturated heterocycles. The van der Waals surface area contributed by atoms with E-state index >= 15 is 0 Å². The Hall–Kier alpha value is -0.540. The smallest absolute Gasteiger partial charge is 0.112 e. The molecule has 3 nitrogen and oxygen atoms in total. The van der Waals surface area contributed by atoms with Gasteiger partial charge in [-0.05, 0) is 30.9 Å². The molecule has 0 aromatic heterocycles. The average Bonchev–Trinajstić information content (AvgIpc) is 2.28. The van der Waals surface area contributed by atoms with Crippen LogP contribution in [0.3, 0.4) is 0 Å². The number of nitrogens with one attached hydrogen (secondary N) is 1. The lowest BCUT2D eigenvalue weighted by Gasteiger charge is -2.38. The highest BCUT2D eigenvalue weighted by molar-refractivity contribution is 5.10. The molecule has 17 heavy (non-hydrogen) atoms. The summed E-state index contributed by atoms with van der Waals surface area (Å²) in [5.41, 5.74) is 0.0865. The summed E-state index contributed by atoms with van der Waals surface area (Å²) in [5, 5.41) is 3.49. The van der Waals surface area contributed by atoms with Gasteiger partial charge in [0.25, 0.3) is 0 Å². The second-order valence-electron chi connectivity index (χ2n) is 5.65. The topological polar surface area (TPSA) is 30.5 Å². The van der Waals surface area contributed by atoms with Gasteiger partial charge in [0, 0.05) is 7.11 Å². The van der Waals surface area contributed by atoms with Crippen molar-refractivity contribution in [3.05, 3.63) is 11.8 Å². The summed E-state index contributed by atoms with van der Waals surface area (Å²) in [4.78, 5) is 0. The van der Waals surface area contributed by atoms with E-state index in [1.165, 1.54) is 0 Å². The minimum atomic E-state index is 0.0865. The molecule has 100 valence electrons. The number of likely N-dealkylation sites (N-methyl/N-ethyl adjacent to an activating group) is 1. The SMILES string of the molecule is CCNC(C1=CCCCO1)C(OC)C(C)(C)C. The van der Waals surface area contributed by atoms with E-state index in [9.17, 15) is 0 Å². The summed E-state index contributed by atoms with van der Waals surface area (Å²) in [6.45, 7) is 10.5. The van der Waals surface area contributed by atoms with Crippen LogP contribution < -0.4 is 5.32 Å². The molecule has 0 aliphatic carbocycles. The van der Waals surface area contributed by atoms with Crippen LogP contribution in [0.1, 0.15) is 40.5 Å². The summed E-state index contributed by atoms with van der Waals surface area (Å²) < 4.78 is 11.5. The fourth-order valence-electron chi connectivity index (χ4n) is 2.36. The van der Waals surface area contributed by atoms with Crippen molar-refractivity contribution in [1.29, 1.82) is 0 Å². The highest BCUT2D eigenvalue weighted by atomic mass is 16.5. The monoisotopic (exact) mass is 241 g/mol. The Balaban J connectivity index is 2.85. The molecule has 0 spiro atoms. The molecular weight excluding hydrogens is 214 g/mol. The van der Waals surface area contributed by atoms with Gasteiger partial charge in [-0.2, -0.15) is 0 Å². The quantitative estimate of drug-likeness (QED) is 0.803. The lowest BCUT2D eigenvalue weighted by atomic mass is 9.83. The maximum absolute atomic E-state index is 5.79. The molecule has 0 aromatic rings. The van der Waals surface area contributed by atoms with Crippen molar-refractivity contribution in [2.75, 3.05) is 20.3 Å². The molecule has 1 aliphatic heterocycles. The number of allylic oxidation sites excluding steroid dienone is 1. The number of hydrogen-bond donors (Lipinski definition) is 1. The molecule has 1 rings (SSSR count). The van der Waals surface area contributed by atoms with Gasteiger partial charge in [0.15, 0.2) is 0 Å². The molecular formula is C14H27NO2. The van der Waals surface area contributed by atoms with Gasteiger partial charge in [-0.15, -0.1) is 0 Å². The standard InChI is InChI=1S/C14H27NO2/c1-6-15-12(11-9-7-8-10-17-11)13(16-5)14(2,3)4/h9,12-13,15H,6-8,10H2,1-5H3. The van der Waals surface area contributed by atoms with Gasteiger partial charge in [-0.1, -0.05) is 27.7 Å². The lowest BCUT2D eigenvalue weighted by Crippen LogP contribution is -2.49. The maximum atomic E-state index is 5.79. The normalized spacial score (nSPS) is 20.4. The Labute approximate surface area is 106 Å². The first-order chi connectivity index (χ1) is 8.00. The van der Waals surface area contributed by atoms with Crippen LogP contribution in [0.5, 0.6) is 0 Å². The van der Waals surface area contributed by atoms with Crippen molar-refractivity contribution >= 4 is 0 Å². The van der Waals surface area contributed by atoms with Crippen LogP contribution in [0.25, 0.3) is 0 Å². The van der Waals surface area contributed by atoms with Gasteiger partial charge in [0.2, 0.25) is 0 Å². The van der Waals surface area contributed by atoms with Crippen LogP contribution >= 0.6 is 0 Å². The van der Waals surface area contributed by atoms with Crippen LogP contribution in [0.2, 0.25) is 0 Å². The zero-order valence-corrected chi connectivity index (χ0v) is 11.9. The van der Waals surface area contributed by atoms with Gasteiger partial charge in [0.1, 0.15) is 5.76 Å². The van der Waals surface area contributed by atoms with Gasteiger partial charge in [0.05, 0.1) is 18.8 Å². The van der Waals surface area contributed by atoms with Crippen molar-refractivity contribution < 1.29 is 9.47 Å². The van der Waals surface area contributed by atoms with Crippen LogP contribution in [-0.4, -0.2) is 32.4 Å². The van der Waals surface area contributed by atoms with Crippen molar-refractivity contribution in [2.24, 2.45) is 5.41 Å². The van der Waals surface area contributed by atoms with Crippen LogP contribution in [0.4, 0.5) is 0 Å². The summed E-state index contributed by atoms with van der Waals surface area (Å²) in [6, 6.07) is 0.158. The zero-order valence-electron chi connectivity index (χ0n) is 11.9. The first kappa shape index (κ1) is 14.5. The Morgan fingerprint density at radius 2 is 2.18 bits per heavy atom. The van der Waals surface area contributed by atoms with E-state index in [1.807, 2.05) is 0 Å². The molecule has 0 radical (unpaired) electrons. The van der Waals surface area contributed by atoms with E-state index in [0.717, 1.165) is 31.8 Å². The largest absolute Gasteiger partial charge is 0.496 e. The lowest BCUT2D eigenvalue weighted by molar-refractivity contribution is -0.0179. The predicted octanol–water partition coefficient (Wildman–Crippen LogP) is 2.72. The Morgan fingerprint density at radius 1 is 1.47 bits per heavy atom. The van der Waals surface area contributed by atoms with Gasteiger partial charge < -0.3 is 14.8 Å². The summed E-state index contributed by atoms with van der Waals surface area (Å²) in [5.74, 6) is 1.06. The molecule has 2 unspecified atom stereocenters. The molecule has 0 fully saturated rings. The van der Waals surface area contributed by atoms with Crippen LogP contribution in [-0.2, 0) is 9.47 Å². The Morgan fingerprint density at radius 3 is 2.59 bits per heavy atom. The molecule has 1 N–H and O–H groups in total. The van der Waals surface area contributed by atoms with Crippen molar-refractivity contribution in [2.45, 2.75) is 52.7 Å². The second kappa shape index (κ2) is 6.41. The Kier molecular flexibility index (Phi) is 5.47. The van der Waals surface area contributed by atoms with Crippen LogP contribution in [0.15, 0.2) is 11.8 Å². The van der Waals surface area contributed by atoms with E-state index < -0.39 is 0 Å². The third-order valence-corrected chi connectivity index (χ3v) is 3.10. The molecule has 0 amide bonds. The highest BCUT2D eigenvalue weighted by Gasteiger charge is 2.35. The second-order valence-corrected chi connectivity index (χ2v) is 5.65. The molecule has 0 bridgehead atoms. The van der Waals surface area contributed by atoms with Gasteiger partial charge >= 0.3 is 0 Å². The average molecular weight is 241 g/mol. The number of hydrogen-bond acceptors (Lipinski definition) is 3. The molecule has 2 atom stereocenters. The predicted molar refractivity (Wildman–Crippen MR) is 71.0 cm³/mol. The first-order valence-electron chi connectivity index (χ1n) is 6.59. The zero-order chi connectivity index (χ0) is 12.9. The third-order valence-electron chi connectivity index (χ3n) is 3.10. The highest BCUT2D eigenvalue weighted by Crippen LogP contribution is 2.29. The first-order valence-corrected chi connectivity index (χ1v) is 6.59. The van der Waals surface area contributed by atoms with E-state index in [0.29, 0.717) is 0 Å². The van der Waals surface area contributed by atoms with E-state index in [4.69, 9.17) is 9.47 Å². The third kappa shape index (κ3) is 4.00. The van der Waals surface area contributed by atoms with Crippen molar-refractivity contribution in [3.63, 3.8) is 0 Å². The molecule has 3 heteroatoms. The van der Waals surface area contributed by atoms with E-state index in [1.54, 1.807) is 7.11 Å². The molecule has 1 heterocycles. The molecule has 0 aromatic carbocycles. The van der Waals surface area contributed by atoms with Gasteiger partial charge in [-0.3, -0.25) is 0 Å². The molecule has 1 aliphatic rings. The van der Waals surface area contributed by atoms with Crippen molar-refractivity contribution in [3.8, 4) is 0 Å². The van der Waals surface area contributed by atoms with Crippen molar-refractivity contribution in [1.82, 2.24) is 5.32 Å².